The van der Waals surface area contributed by atoms with Gasteiger partial charge in [-0.2, -0.15) is 0 Å². The molecule has 0 atom stereocenters. The molecule has 1 aromatic heterocycles. The van der Waals surface area contributed by atoms with Gasteiger partial charge in [0.1, 0.15) is 0 Å². The number of fused-ring (bicyclic) bond motifs is 5. The van der Waals surface area contributed by atoms with Crippen LogP contribution in [0.4, 0.5) is 17.1 Å². The van der Waals surface area contributed by atoms with Crippen molar-refractivity contribution in [3.8, 4) is 27.9 Å². The number of hydrogen-bond acceptors (Lipinski definition) is 1. The first-order chi connectivity index (χ1) is 25.8. The number of aromatic nitrogens is 1. The highest BCUT2D eigenvalue weighted by Crippen LogP contribution is 2.40. The van der Waals surface area contributed by atoms with Crippen molar-refractivity contribution in [2.45, 2.75) is 0 Å². The first kappa shape index (κ1) is 30.0. The lowest BCUT2D eigenvalue weighted by Crippen LogP contribution is -2.09. The maximum Gasteiger partial charge on any atom is 0.0542 e. The Bertz CT molecular complexity index is 2890. The number of anilines is 3. The van der Waals surface area contributed by atoms with E-state index in [1.54, 1.807) is 0 Å². The van der Waals surface area contributed by atoms with Crippen LogP contribution in [0.5, 0.6) is 0 Å². The van der Waals surface area contributed by atoms with Crippen LogP contribution in [0.2, 0.25) is 0 Å². The molecule has 1 heterocycles. The highest BCUT2D eigenvalue weighted by molar-refractivity contribution is 6.10. The molecule has 0 amide bonds. The van der Waals surface area contributed by atoms with Crippen molar-refractivity contribution in [3.05, 3.63) is 206 Å². The van der Waals surface area contributed by atoms with Gasteiger partial charge in [-0.1, -0.05) is 127 Å². The SMILES string of the molecule is c1ccc(N(c2ccc(-c3ccc4cc(-c5ccc6ccccc6c5)ccc4c3)cc2)c2ccc3c(c2)c2ccccc2n3-c2ccccc2)cc1. The van der Waals surface area contributed by atoms with Gasteiger partial charge in [0.2, 0.25) is 0 Å². The molecule has 0 aliphatic carbocycles. The average Bonchev–Trinajstić information content (AvgIpc) is 3.55. The third kappa shape index (κ3) is 5.21. The standard InChI is InChI=1S/C50H34N2/c1-3-13-43(14-4-1)51(46-29-30-50-48(34-46)47-17-9-10-18-49(47)52(50)44-15-5-2-6-16-44)45-27-25-36(26-28-45)38-21-22-41-33-42(24-23-40(41)32-38)39-20-19-35-11-7-8-12-37(35)31-39/h1-34H. The van der Waals surface area contributed by atoms with Crippen molar-refractivity contribution in [1.82, 2.24) is 4.57 Å². The summed E-state index contributed by atoms with van der Waals surface area (Å²) in [7, 11) is 0. The molecule has 0 saturated carbocycles. The summed E-state index contributed by atoms with van der Waals surface area (Å²) in [6.07, 6.45) is 0. The van der Waals surface area contributed by atoms with Gasteiger partial charge in [0.25, 0.3) is 0 Å². The molecule has 2 nitrogen and oxygen atoms in total. The van der Waals surface area contributed by atoms with E-state index in [0.29, 0.717) is 0 Å². The Morgan fingerprint density at radius 1 is 0.288 bits per heavy atom. The maximum atomic E-state index is 2.36. The lowest BCUT2D eigenvalue weighted by Gasteiger charge is -2.26. The number of nitrogens with zero attached hydrogens (tertiary/aromatic N) is 2. The van der Waals surface area contributed by atoms with E-state index in [0.717, 1.165) is 22.7 Å². The van der Waals surface area contributed by atoms with E-state index >= 15 is 0 Å². The first-order valence-corrected chi connectivity index (χ1v) is 17.8. The van der Waals surface area contributed by atoms with E-state index in [4.69, 9.17) is 0 Å². The monoisotopic (exact) mass is 662 g/mol. The quantitative estimate of drug-likeness (QED) is 0.172. The molecule has 0 aliphatic rings. The zero-order chi connectivity index (χ0) is 34.4. The highest BCUT2D eigenvalue weighted by atomic mass is 15.1. The van der Waals surface area contributed by atoms with E-state index in [2.05, 4.69) is 216 Å². The number of hydrogen-bond donors (Lipinski definition) is 0. The molecule has 10 aromatic rings. The second-order valence-corrected chi connectivity index (χ2v) is 13.4. The first-order valence-electron chi connectivity index (χ1n) is 17.8. The largest absolute Gasteiger partial charge is 0.310 e. The van der Waals surface area contributed by atoms with E-state index in [1.807, 2.05) is 0 Å². The second-order valence-electron chi connectivity index (χ2n) is 13.4. The Morgan fingerprint density at radius 3 is 1.48 bits per heavy atom. The van der Waals surface area contributed by atoms with Crippen LogP contribution in [0.1, 0.15) is 0 Å². The number of para-hydroxylation sites is 3. The van der Waals surface area contributed by atoms with Gasteiger partial charge in [-0.05, 0) is 123 Å². The average molecular weight is 663 g/mol. The molecule has 10 rings (SSSR count). The summed E-state index contributed by atoms with van der Waals surface area (Å²) in [6.45, 7) is 0. The van der Waals surface area contributed by atoms with E-state index in [-0.39, 0.29) is 0 Å². The van der Waals surface area contributed by atoms with E-state index in [9.17, 15) is 0 Å². The lowest BCUT2D eigenvalue weighted by atomic mass is 9.96. The van der Waals surface area contributed by atoms with Gasteiger partial charge in [0, 0.05) is 33.5 Å². The minimum absolute atomic E-state index is 1.11. The van der Waals surface area contributed by atoms with Crippen LogP contribution in [-0.4, -0.2) is 4.57 Å². The normalized spacial score (nSPS) is 11.5. The van der Waals surface area contributed by atoms with Gasteiger partial charge >= 0.3 is 0 Å². The predicted octanol–water partition coefficient (Wildman–Crippen LogP) is 13.9. The van der Waals surface area contributed by atoms with Gasteiger partial charge in [0.05, 0.1) is 11.0 Å². The molecule has 9 aromatic carbocycles. The molecule has 0 unspecified atom stereocenters. The minimum Gasteiger partial charge on any atom is -0.310 e. The van der Waals surface area contributed by atoms with E-state index < -0.39 is 0 Å². The van der Waals surface area contributed by atoms with Gasteiger partial charge in [0.15, 0.2) is 0 Å². The Labute approximate surface area is 303 Å². The fourth-order valence-corrected chi connectivity index (χ4v) is 7.76. The van der Waals surface area contributed by atoms with Gasteiger partial charge in [-0.25, -0.2) is 0 Å². The highest BCUT2D eigenvalue weighted by Gasteiger charge is 2.17. The molecular formula is C50H34N2. The summed E-state index contributed by atoms with van der Waals surface area (Å²) in [4.78, 5) is 2.35. The van der Waals surface area contributed by atoms with E-state index in [1.165, 1.54) is 65.6 Å². The Hall–Kier alpha value is -6.90. The van der Waals surface area contributed by atoms with Crippen LogP contribution in [0.25, 0.3) is 71.3 Å². The third-order valence-electron chi connectivity index (χ3n) is 10.3. The number of benzene rings is 9. The lowest BCUT2D eigenvalue weighted by molar-refractivity contribution is 1.18. The van der Waals surface area contributed by atoms with Crippen molar-refractivity contribution >= 4 is 60.4 Å². The van der Waals surface area contributed by atoms with Crippen molar-refractivity contribution < 1.29 is 0 Å². The number of rotatable bonds is 6. The predicted molar refractivity (Wildman–Crippen MR) is 221 cm³/mol. The zero-order valence-electron chi connectivity index (χ0n) is 28.5. The molecule has 0 spiro atoms. The summed E-state index contributed by atoms with van der Waals surface area (Å²) in [5, 5.41) is 7.48. The summed E-state index contributed by atoms with van der Waals surface area (Å²) in [5.41, 5.74) is 11.8. The molecule has 52 heavy (non-hydrogen) atoms. The van der Waals surface area contributed by atoms with Crippen LogP contribution in [-0.2, 0) is 0 Å². The van der Waals surface area contributed by atoms with Crippen molar-refractivity contribution in [2.75, 3.05) is 4.90 Å². The Kier molecular flexibility index (Phi) is 7.18. The van der Waals surface area contributed by atoms with Crippen LogP contribution in [0.3, 0.4) is 0 Å². The molecule has 0 bridgehead atoms. The molecular weight excluding hydrogens is 629 g/mol. The van der Waals surface area contributed by atoms with Crippen LogP contribution >= 0.6 is 0 Å². The summed E-state index contributed by atoms with van der Waals surface area (Å²) in [5.74, 6) is 0. The van der Waals surface area contributed by atoms with Gasteiger partial charge in [-0.3, -0.25) is 0 Å². The van der Waals surface area contributed by atoms with Gasteiger partial charge < -0.3 is 9.47 Å². The van der Waals surface area contributed by atoms with Crippen LogP contribution < -0.4 is 4.90 Å². The molecule has 2 heteroatoms. The fraction of sp³-hybridized carbons (Fsp3) is 0. The van der Waals surface area contributed by atoms with Crippen molar-refractivity contribution in [1.29, 1.82) is 0 Å². The Balaban J connectivity index is 1.01. The summed E-state index contributed by atoms with van der Waals surface area (Å²) in [6, 6.07) is 74.7. The molecule has 0 saturated heterocycles. The molecule has 244 valence electrons. The second kappa shape index (κ2) is 12.5. The Morgan fingerprint density at radius 2 is 0.769 bits per heavy atom. The van der Waals surface area contributed by atoms with Crippen LogP contribution in [0.15, 0.2) is 206 Å². The van der Waals surface area contributed by atoms with Crippen molar-refractivity contribution in [3.63, 3.8) is 0 Å². The fourth-order valence-electron chi connectivity index (χ4n) is 7.76. The summed E-state index contributed by atoms with van der Waals surface area (Å²) >= 11 is 0. The molecule has 0 radical (unpaired) electrons. The van der Waals surface area contributed by atoms with Crippen molar-refractivity contribution in [2.24, 2.45) is 0 Å². The third-order valence-corrected chi connectivity index (χ3v) is 10.3. The van der Waals surface area contributed by atoms with Crippen LogP contribution in [0, 0.1) is 0 Å². The summed E-state index contributed by atoms with van der Waals surface area (Å²) < 4.78 is 2.36. The van der Waals surface area contributed by atoms with Gasteiger partial charge in [-0.15, -0.1) is 0 Å². The molecule has 0 fully saturated rings. The zero-order valence-corrected chi connectivity index (χ0v) is 28.5. The molecule has 0 N–H and O–H groups in total. The maximum absolute atomic E-state index is 2.36. The topological polar surface area (TPSA) is 8.17 Å². The smallest absolute Gasteiger partial charge is 0.0542 e. The molecule has 0 aliphatic heterocycles. The minimum atomic E-state index is 1.11.